The van der Waals surface area contributed by atoms with Crippen LogP contribution in [0.3, 0.4) is 0 Å². The zero-order valence-electron chi connectivity index (χ0n) is 14.9. The molecule has 0 saturated heterocycles. The van der Waals surface area contributed by atoms with Crippen molar-refractivity contribution >= 4 is 39.2 Å². The molecule has 152 valence electrons. The molecule has 0 spiro atoms. The Hall–Kier alpha value is -3.73. The number of fused-ring (bicyclic) bond motifs is 1. The number of hydrogen-bond acceptors (Lipinski definition) is 5. The smallest absolute Gasteiger partial charge is 0.364 e. The van der Waals surface area contributed by atoms with Gasteiger partial charge in [0.25, 0.3) is 11.8 Å². The SMILES string of the molecule is NC(=O)c1cc(-c2csc(NC(=O)c3cnc4ccccc4c3C(F)(F)F)n2)c[nH]1. The molecule has 7 nitrogen and oxygen atoms in total. The van der Waals surface area contributed by atoms with Gasteiger partial charge in [-0.15, -0.1) is 11.3 Å². The summed E-state index contributed by atoms with van der Waals surface area (Å²) in [4.78, 5) is 34.6. The minimum absolute atomic E-state index is 0.0955. The number of nitrogens with zero attached hydrogens (tertiary/aromatic N) is 2. The van der Waals surface area contributed by atoms with Crippen molar-refractivity contribution in [2.24, 2.45) is 5.73 Å². The van der Waals surface area contributed by atoms with Gasteiger partial charge in [-0.1, -0.05) is 18.2 Å². The molecule has 0 bridgehead atoms. The number of amides is 2. The van der Waals surface area contributed by atoms with E-state index in [0.29, 0.717) is 11.3 Å². The van der Waals surface area contributed by atoms with Gasteiger partial charge >= 0.3 is 6.18 Å². The molecule has 0 saturated carbocycles. The second kappa shape index (κ2) is 7.26. The van der Waals surface area contributed by atoms with Crippen molar-refractivity contribution in [3.63, 3.8) is 0 Å². The van der Waals surface area contributed by atoms with Crippen LogP contribution in [0.15, 0.2) is 48.1 Å². The van der Waals surface area contributed by atoms with Crippen LogP contribution >= 0.6 is 11.3 Å². The Morgan fingerprint density at radius 1 is 1.20 bits per heavy atom. The normalized spacial score (nSPS) is 11.6. The Labute approximate surface area is 170 Å². The van der Waals surface area contributed by atoms with Gasteiger partial charge in [0.2, 0.25) is 0 Å². The van der Waals surface area contributed by atoms with Crippen LogP contribution in [0.25, 0.3) is 22.2 Å². The Kier molecular flexibility index (Phi) is 4.74. The molecule has 0 aliphatic heterocycles. The summed E-state index contributed by atoms with van der Waals surface area (Å²) in [6.45, 7) is 0. The molecule has 0 radical (unpaired) electrons. The van der Waals surface area contributed by atoms with Crippen LogP contribution in [-0.4, -0.2) is 26.8 Å². The number of rotatable bonds is 4. The van der Waals surface area contributed by atoms with Crippen LogP contribution in [-0.2, 0) is 6.18 Å². The Morgan fingerprint density at radius 3 is 2.67 bits per heavy atom. The Balaban J connectivity index is 1.66. The molecule has 1 aromatic carbocycles. The highest BCUT2D eigenvalue weighted by Crippen LogP contribution is 2.37. The van der Waals surface area contributed by atoms with E-state index in [9.17, 15) is 22.8 Å². The summed E-state index contributed by atoms with van der Waals surface area (Å²) in [6.07, 6.45) is -2.34. The first-order chi connectivity index (χ1) is 14.2. The summed E-state index contributed by atoms with van der Waals surface area (Å²) in [5.41, 5.74) is 4.81. The fourth-order valence-corrected chi connectivity index (χ4v) is 3.65. The molecule has 0 atom stereocenters. The summed E-state index contributed by atoms with van der Waals surface area (Å²) in [7, 11) is 0. The Morgan fingerprint density at radius 2 is 1.97 bits per heavy atom. The van der Waals surface area contributed by atoms with Crippen LogP contribution in [0, 0.1) is 0 Å². The van der Waals surface area contributed by atoms with Gasteiger partial charge in [0.15, 0.2) is 5.13 Å². The molecule has 4 aromatic rings. The second-order valence-electron chi connectivity index (χ2n) is 6.22. The summed E-state index contributed by atoms with van der Waals surface area (Å²) in [5, 5.41) is 3.90. The summed E-state index contributed by atoms with van der Waals surface area (Å²) in [6, 6.07) is 7.21. The number of anilines is 1. The van der Waals surface area contributed by atoms with E-state index in [2.05, 4.69) is 20.3 Å². The lowest BCUT2D eigenvalue weighted by Crippen LogP contribution is -2.19. The standard InChI is InChI=1S/C19H12F3N5O2S/c20-19(21,22)15-10-3-1-2-4-12(10)25-7-11(15)17(29)27-18-26-14(8-30-18)9-5-13(16(23)28)24-6-9/h1-8,24H,(H2,23,28)(H,26,27,29). The third kappa shape index (κ3) is 3.62. The minimum Gasteiger partial charge on any atom is -0.364 e. The van der Waals surface area contributed by atoms with Gasteiger partial charge < -0.3 is 10.7 Å². The van der Waals surface area contributed by atoms with Crippen molar-refractivity contribution in [1.82, 2.24) is 15.0 Å². The highest BCUT2D eigenvalue weighted by Gasteiger charge is 2.37. The summed E-state index contributed by atoms with van der Waals surface area (Å²) in [5.74, 6) is -1.62. The molecule has 4 N–H and O–H groups in total. The number of thiazole rings is 1. The summed E-state index contributed by atoms with van der Waals surface area (Å²) >= 11 is 1.03. The molecule has 0 aliphatic rings. The number of primary amides is 1. The van der Waals surface area contributed by atoms with Crippen LogP contribution in [0.2, 0.25) is 0 Å². The number of alkyl halides is 3. The number of hydrogen-bond donors (Lipinski definition) is 3. The van der Waals surface area contributed by atoms with Crippen molar-refractivity contribution in [1.29, 1.82) is 0 Å². The summed E-state index contributed by atoms with van der Waals surface area (Å²) < 4.78 is 41.1. The monoisotopic (exact) mass is 431 g/mol. The maximum absolute atomic E-state index is 13.7. The molecule has 4 rings (SSSR count). The molecular formula is C19H12F3N5O2S. The van der Waals surface area contributed by atoms with E-state index >= 15 is 0 Å². The third-order valence-corrected chi connectivity index (χ3v) is 5.03. The molecular weight excluding hydrogens is 419 g/mol. The van der Waals surface area contributed by atoms with E-state index in [1.807, 2.05) is 0 Å². The maximum atomic E-state index is 13.7. The predicted octanol–water partition coefficient (Wildman–Crippen LogP) is 4.06. The van der Waals surface area contributed by atoms with Crippen LogP contribution in [0.5, 0.6) is 0 Å². The highest BCUT2D eigenvalue weighted by atomic mass is 32.1. The quantitative estimate of drug-likeness (QED) is 0.452. The fourth-order valence-electron chi connectivity index (χ4n) is 2.93. The van der Waals surface area contributed by atoms with Crippen molar-refractivity contribution in [3.8, 4) is 11.3 Å². The van der Waals surface area contributed by atoms with Gasteiger partial charge in [-0.25, -0.2) is 4.98 Å². The largest absolute Gasteiger partial charge is 0.417 e. The van der Waals surface area contributed by atoms with E-state index in [4.69, 9.17) is 5.73 Å². The molecule has 30 heavy (non-hydrogen) atoms. The number of carbonyl (C=O) groups excluding carboxylic acids is 2. The molecule has 11 heteroatoms. The fraction of sp³-hybridized carbons (Fsp3) is 0.0526. The van der Waals surface area contributed by atoms with Crippen LogP contribution in [0.1, 0.15) is 26.4 Å². The van der Waals surface area contributed by atoms with E-state index < -0.39 is 29.1 Å². The van der Waals surface area contributed by atoms with Gasteiger partial charge in [0, 0.05) is 28.7 Å². The first kappa shape index (κ1) is 19.6. The first-order valence-corrected chi connectivity index (χ1v) is 9.32. The molecule has 0 aliphatic carbocycles. The zero-order chi connectivity index (χ0) is 21.5. The van der Waals surface area contributed by atoms with Crippen LogP contribution in [0.4, 0.5) is 18.3 Å². The number of aromatic amines is 1. The van der Waals surface area contributed by atoms with Crippen molar-refractivity contribution in [2.75, 3.05) is 5.32 Å². The van der Waals surface area contributed by atoms with E-state index in [0.717, 1.165) is 17.5 Å². The Bertz CT molecular complexity index is 1280. The zero-order valence-corrected chi connectivity index (χ0v) is 15.8. The molecule has 3 heterocycles. The van der Waals surface area contributed by atoms with Gasteiger partial charge in [-0.3, -0.25) is 19.9 Å². The van der Waals surface area contributed by atoms with E-state index in [1.165, 1.54) is 30.5 Å². The average molecular weight is 431 g/mol. The van der Waals surface area contributed by atoms with E-state index in [1.54, 1.807) is 11.4 Å². The van der Waals surface area contributed by atoms with Gasteiger partial charge in [0.05, 0.1) is 22.3 Å². The number of carbonyl (C=O) groups is 2. The number of nitrogens with one attached hydrogen (secondary N) is 2. The first-order valence-electron chi connectivity index (χ1n) is 8.44. The minimum atomic E-state index is -4.75. The van der Waals surface area contributed by atoms with Crippen molar-refractivity contribution < 1.29 is 22.8 Å². The topological polar surface area (TPSA) is 114 Å². The lowest BCUT2D eigenvalue weighted by Gasteiger charge is -2.14. The number of aromatic nitrogens is 3. The molecule has 0 fully saturated rings. The van der Waals surface area contributed by atoms with Crippen LogP contribution < -0.4 is 11.1 Å². The van der Waals surface area contributed by atoms with Crippen molar-refractivity contribution in [2.45, 2.75) is 6.18 Å². The second-order valence-corrected chi connectivity index (χ2v) is 7.08. The highest BCUT2D eigenvalue weighted by molar-refractivity contribution is 7.14. The average Bonchev–Trinajstić information content (AvgIpc) is 3.35. The lowest BCUT2D eigenvalue weighted by molar-refractivity contribution is -0.136. The molecule has 3 aromatic heterocycles. The maximum Gasteiger partial charge on any atom is 0.417 e. The molecule has 2 amide bonds. The number of para-hydroxylation sites is 1. The predicted molar refractivity (Wildman–Crippen MR) is 105 cm³/mol. The number of pyridine rings is 1. The number of nitrogens with two attached hydrogens (primary N) is 1. The number of halogens is 3. The van der Waals surface area contributed by atoms with Gasteiger partial charge in [-0.2, -0.15) is 13.2 Å². The third-order valence-electron chi connectivity index (χ3n) is 4.27. The van der Waals surface area contributed by atoms with Gasteiger partial charge in [0.1, 0.15) is 5.69 Å². The number of benzene rings is 1. The lowest BCUT2D eigenvalue weighted by atomic mass is 10.0. The van der Waals surface area contributed by atoms with Gasteiger partial charge in [-0.05, 0) is 12.1 Å². The van der Waals surface area contributed by atoms with Crippen molar-refractivity contribution in [3.05, 3.63) is 64.9 Å². The number of H-pyrrole nitrogens is 1. The van der Waals surface area contributed by atoms with E-state index in [-0.39, 0.29) is 21.7 Å². The molecule has 0 unspecified atom stereocenters.